The van der Waals surface area contributed by atoms with Gasteiger partial charge >= 0.3 is 6.03 Å². The van der Waals surface area contributed by atoms with Gasteiger partial charge in [0.1, 0.15) is 11.9 Å². The first-order chi connectivity index (χ1) is 7.13. The Morgan fingerprint density at radius 1 is 1.60 bits per heavy atom. The number of urea groups is 1. The second-order valence-electron chi connectivity index (χ2n) is 4.14. The van der Waals surface area contributed by atoms with Crippen molar-refractivity contribution in [3.05, 3.63) is 0 Å². The summed E-state index contributed by atoms with van der Waals surface area (Å²) in [6.07, 6.45) is 2.18. The van der Waals surface area contributed by atoms with E-state index in [-0.39, 0.29) is 30.1 Å². The average molecular weight is 211 g/mol. The van der Waals surface area contributed by atoms with E-state index < -0.39 is 0 Å². The summed E-state index contributed by atoms with van der Waals surface area (Å²) in [6, 6.07) is -0.372. The van der Waals surface area contributed by atoms with E-state index in [4.69, 9.17) is 10.1 Å². The molecule has 0 bridgehead atoms. The molecule has 3 atom stereocenters. The molecule has 15 heavy (non-hydrogen) atoms. The summed E-state index contributed by atoms with van der Waals surface area (Å²) in [7, 11) is 0. The summed E-state index contributed by atoms with van der Waals surface area (Å²) in [4.78, 5) is 13.2. The quantitative estimate of drug-likeness (QED) is 0.714. The molecule has 2 aliphatic heterocycles. The van der Waals surface area contributed by atoms with Gasteiger partial charge in [-0.3, -0.25) is 10.7 Å². The maximum Gasteiger partial charge on any atom is 0.323 e. The molecule has 5 heteroatoms. The molecule has 5 nitrogen and oxygen atoms in total. The lowest BCUT2D eigenvalue weighted by Crippen LogP contribution is -2.43. The number of amides is 2. The summed E-state index contributed by atoms with van der Waals surface area (Å²) in [5.41, 5.74) is 0. The second-order valence-corrected chi connectivity index (χ2v) is 4.14. The summed E-state index contributed by atoms with van der Waals surface area (Å²) in [5, 5.41) is 10.3. The minimum atomic E-state index is -0.201. The lowest BCUT2D eigenvalue weighted by molar-refractivity contribution is 0.0278. The largest absolute Gasteiger partial charge is 0.373 e. The number of nitrogens with one attached hydrogen (secondary N) is 2. The van der Waals surface area contributed by atoms with Crippen molar-refractivity contribution in [1.29, 1.82) is 5.41 Å². The van der Waals surface area contributed by atoms with Gasteiger partial charge in [0.25, 0.3) is 0 Å². The Bertz CT molecular complexity index is 292. The van der Waals surface area contributed by atoms with Gasteiger partial charge in [0.15, 0.2) is 0 Å². The van der Waals surface area contributed by atoms with Gasteiger partial charge < -0.3 is 9.64 Å². The van der Waals surface area contributed by atoms with Gasteiger partial charge in [-0.25, -0.2) is 4.79 Å². The zero-order valence-corrected chi connectivity index (χ0v) is 9.12. The van der Waals surface area contributed by atoms with Crippen molar-refractivity contribution in [1.82, 2.24) is 10.2 Å². The highest BCUT2D eigenvalue weighted by Crippen LogP contribution is 2.26. The molecule has 2 heterocycles. The minimum absolute atomic E-state index is 0.00796. The van der Waals surface area contributed by atoms with E-state index in [1.807, 2.05) is 13.8 Å². The number of carbonyl (C=O) groups excluding carboxylic acids is 1. The number of rotatable bonds is 2. The van der Waals surface area contributed by atoms with Crippen LogP contribution in [0.25, 0.3) is 0 Å². The molecule has 0 spiro atoms. The molecule has 3 unspecified atom stereocenters. The molecule has 0 radical (unpaired) electrons. The van der Waals surface area contributed by atoms with E-state index in [1.54, 1.807) is 4.90 Å². The van der Waals surface area contributed by atoms with Crippen LogP contribution in [0.4, 0.5) is 4.79 Å². The number of hydrogen-bond acceptors (Lipinski definition) is 3. The van der Waals surface area contributed by atoms with Crippen LogP contribution in [0.3, 0.4) is 0 Å². The van der Waals surface area contributed by atoms with Crippen LogP contribution < -0.4 is 5.32 Å². The van der Waals surface area contributed by atoms with Crippen molar-refractivity contribution in [2.45, 2.75) is 44.9 Å². The Morgan fingerprint density at radius 3 is 2.87 bits per heavy atom. The van der Waals surface area contributed by atoms with Crippen molar-refractivity contribution in [3.63, 3.8) is 0 Å². The van der Waals surface area contributed by atoms with Crippen molar-refractivity contribution in [2.75, 3.05) is 6.54 Å². The van der Waals surface area contributed by atoms with Gasteiger partial charge in [-0.05, 0) is 26.7 Å². The van der Waals surface area contributed by atoms with Crippen molar-refractivity contribution in [2.24, 2.45) is 0 Å². The van der Waals surface area contributed by atoms with Crippen LogP contribution in [0.2, 0.25) is 0 Å². The molecular weight excluding hydrogens is 194 g/mol. The fourth-order valence-corrected chi connectivity index (χ4v) is 2.34. The first-order valence-electron chi connectivity index (χ1n) is 5.45. The normalized spacial score (nSPS) is 36.1. The van der Waals surface area contributed by atoms with Crippen LogP contribution in [-0.4, -0.2) is 41.6 Å². The maximum absolute atomic E-state index is 11.5. The van der Waals surface area contributed by atoms with Gasteiger partial charge in [0.2, 0.25) is 0 Å². The predicted molar refractivity (Wildman–Crippen MR) is 56.0 cm³/mol. The lowest BCUT2D eigenvalue weighted by Gasteiger charge is -2.26. The fraction of sp³-hybridized carbons (Fsp3) is 0.800. The highest BCUT2D eigenvalue weighted by molar-refractivity contribution is 6.05. The topological polar surface area (TPSA) is 65.4 Å². The molecule has 2 aliphatic rings. The number of amidine groups is 1. The monoisotopic (exact) mass is 211 g/mol. The molecule has 0 aliphatic carbocycles. The first kappa shape index (κ1) is 10.4. The molecule has 2 fully saturated rings. The van der Waals surface area contributed by atoms with Crippen molar-refractivity contribution >= 4 is 11.9 Å². The summed E-state index contributed by atoms with van der Waals surface area (Å²) in [5.74, 6) is 0.279. The van der Waals surface area contributed by atoms with E-state index in [9.17, 15) is 4.79 Å². The molecule has 2 rings (SSSR count). The van der Waals surface area contributed by atoms with E-state index in [0.717, 1.165) is 12.8 Å². The van der Waals surface area contributed by atoms with Crippen LogP contribution in [0.15, 0.2) is 0 Å². The third-order valence-corrected chi connectivity index (χ3v) is 3.09. The third kappa shape index (κ3) is 1.71. The molecule has 2 amide bonds. The molecule has 0 aromatic heterocycles. The van der Waals surface area contributed by atoms with Crippen LogP contribution in [-0.2, 0) is 4.74 Å². The molecule has 0 saturated carbocycles. The smallest absolute Gasteiger partial charge is 0.323 e. The average Bonchev–Trinajstić information content (AvgIpc) is 2.70. The van der Waals surface area contributed by atoms with Crippen molar-refractivity contribution in [3.8, 4) is 0 Å². The van der Waals surface area contributed by atoms with Crippen LogP contribution in [0, 0.1) is 5.41 Å². The zero-order chi connectivity index (χ0) is 11.0. The van der Waals surface area contributed by atoms with Gasteiger partial charge in [-0.15, -0.1) is 0 Å². The Hall–Kier alpha value is -1.10. The van der Waals surface area contributed by atoms with E-state index in [2.05, 4.69) is 5.32 Å². The molecule has 2 N–H and O–H groups in total. The standard InChI is InChI=1S/C10H17N3O2/c1-3-13-8(9(11)12-10(13)14)7-5-4-6(2)15-7/h6-8H,3-5H2,1-2H3,(H2,11,12,14). The van der Waals surface area contributed by atoms with Gasteiger partial charge in [0, 0.05) is 6.54 Å². The maximum atomic E-state index is 11.5. The number of hydrogen-bond donors (Lipinski definition) is 2. The fourth-order valence-electron chi connectivity index (χ4n) is 2.34. The molecule has 0 aromatic rings. The van der Waals surface area contributed by atoms with Crippen LogP contribution >= 0.6 is 0 Å². The Labute approximate surface area is 89.3 Å². The number of likely N-dealkylation sites (N-methyl/N-ethyl adjacent to an activating group) is 1. The highest BCUT2D eigenvalue weighted by Gasteiger charge is 2.42. The van der Waals surface area contributed by atoms with Crippen LogP contribution in [0.1, 0.15) is 26.7 Å². The number of ether oxygens (including phenoxy) is 1. The summed E-state index contributed by atoms with van der Waals surface area (Å²) >= 11 is 0. The molecule has 0 aromatic carbocycles. The van der Waals surface area contributed by atoms with E-state index in [0.29, 0.717) is 6.54 Å². The number of carbonyl (C=O) groups is 1. The van der Waals surface area contributed by atoms with E-state index >= 15 is 0 Å². The first-order valence-corrected chi connectivity index (χ1v) is 5.45. The summed E-state index contributed by atoms with van der Waals surface area (Å²) in [6.45, 7) is 4.57. The predicted octanol–water partition coefficient (Wildman–Crippen LogP) is 0.945. The third-order valence-electron chi connectivity index (χ3n) is 3.09. The van der Waals surface area contributed by atoms with Gasteiger partial charge in [-0.2, -0.15) is 0 Å². The molecule has 84 valence electrons. The van der Waals surface area contributed by atoms with Gasteiger partial charge in [0.05, 0.1) is 12.2 Å². The Morgan fingerprint density at radius 2 is 2.33 bits per heavy atom. The Kier molecular flexibility index (Phi) is 2.65. The number of nitrogens with zero attached hydrogens (tertiary/aromatic N) is 1. The van der Waals surface area contributed by atoms with Crippen molar-refractivity contribution < 1.29 is 9.53 Å². The van der Waals surface area contributed by atoms with Crippen LogP contribution in [0.5, 0.6) is 0 Å². The zero-order valence-electron chi connectivity index (χ0n) is 9.12. The second kappa shape index (κ2) is 3.81. The molecular formula is C10H17N3O2. The minimum Gasteiger partial charge on any atom is -0.373 e. The lowest BCUT2D eigenvalue weighted by atomic mass is 10.1. The van der Waals surface area contributed by atoms with Gasteiger partial charge in [-0.1, -0.05) is 0 Å². The van der Waals surface area contributed by atoms with E-state index in [1.165, 1.54) is 0 Å². The molecule has 2 saturated heterocycles. The highest BCUT2D eigenvalue weighted by atomic mass is 16.5. The Balaban J connectivity index is 2.12. The SMILES string of the molecule is CCN1C(=O)NC(=N)C1C1CCC(C)O1. The summed E-state index contributed by atoms with van der Waals surface area (Å²) < 4.78 is 5.72.